The minimum Gasteiger partial charge on any atom is -0.369 e. The molecule has 0 saturated heterocycles. The third-order valence-corrected chi connectivity index (χ3v) is 9.06. The van der Waals surface area contributed by atoms with Gasteiger partial charge in [-0.3, -0.25) is 14.9 Å². The van der Waals surface area contributed by atoms with Crippen molar-refractivity contribution in [3.63, 3.8) is 0 Å². The van der Waals surface area contributed by atoms with E-state index in [0.29, 0.717) is 22.8 Å². The Morgan fingerprint density at radius 3 is 2.50 bits per heavy atom. The lowest BCUT2D eigenvalue weighted by molar-refractivity contribution is -0.387. The molecule has 1 amide bonds. The number of nitrogens with two attached hydrogens (primary N) is 1. The molecule has 1 aromatic rings. The summed E-state index contributed by atoms with van der Waals surface area (Å²) in [4.78, 5) is 33.7. The van der Waals surface area contributed by atoms with Crippen LogP contribution in [0.3, 0.4) is 0 Å². The molecule has 8 nitrogen and oxygen atoms in total. The molecule has 5 atom stereocenters. The Hall–Kier alpha value is -1.97. The second kappa shape index (κ2) is 11.2. The molecule has 0 heterocycles. The van der Waals surface area contributed by atoms with Gasteiger partial charge in [-0.25, -0.2) is 4.72 Å². The maximum absolute atomic E-state index is 11.6. The molecule has 3 fully saturated rings. The molecule has 34 heavy (non-hydrogen) atoms. The van der Waals surface area contributed by atoms with Gasteiger partial charge in [0, 0.05) is 17.5 Å². The van der Waals surface area contributed by atoms with Crippen LogP contribution >= 0.6 is 11.9 Å². The summed E-state index contributed by atoms with van der Waals surface area (Å²) in [6.07, 6.45) is 9.04. The van der Waals surface area contributed by atoms with Gasteiger partial charge < -0.3 is 15.8 Å². The van der Waals surface area contributed by atoms with Crippen LogP contribution in [0.25, 0.3) is 0 Å². The topological polar surface area (TPSA) is 127 Å². The highest BCUT2D eigenvalue weighted by atomic mass is 32.2. The van der Waals surface area contributed by atoms with Crippen LogP contribution in [0.4, 0.5) is 5.69 Å². The maximum atomic E-state index is 11.6. The summed E-state index contributed by atoms with van der Waals surface area (Å²) in [5.41, 5.74) is 4.85. The first-order valence-electron chi connectivity index (χ1n) is 12.2. The number of nitrogens with zero attached hydrogens (tertiary/aromatic N) is 1. The minimum absolute atomic E-state index is 0.0639. The van der Waals surface area contributed by atoms with Crippen molar-refractivity contribution in [2.75, 3.05) is 7.05 Å². The van der Waals surface area contributed by atoms with Gasteiger partial charge in [0.05, 0.1) is 10.5 Å². The molecule has 0 radical (unpaired) electrons. The Morgan fingerprint density at radius 1 is 1.24 bits per heavy atom. The molecule has 4 N–H and O–H groups in total. The quantitative estimate of drug-likeness (QED) is 0.226. The van der Waals surface area contributed by atoms with Gasteiger partial charge in [0.25, 0.3) is 5.69 Å². The fraction of sp³-hybridized carbons (Fsp3) is 0.680. The van der Waals surface area contributed by atoms with Crippen molar-refractivity contribution in [2.24, 2.45) is 28.9 Å². The minimum atomic E-state index is -0.519. The second-order valence-corrected chi connectivity index (χ2v) is 11.5. The lowest BCUT2D eigenvalue weighted by Crippen LogP contribution is -2.52. The van der Waals surface area contributed by atoms with E-state index in [2.05, 4.69) is 23.9 Å². The summed E-state index contributed by atoms with van der Waals surface area (Å²) in [5, 5.41) is 14.3. The normalized spacial score (nSPS) is 31.7. The van der Waals surface area contributed by atoms with E-state index in [0.717, 1.165) is 50.7 Å². The van der Waals surface area contributed by atoms with Gasteiger partial charge in [-0.2, -0.15) is 0 Å². The molecule has 3 aliphatic carbocycles. The number of hydrogen-bond acceptors (Lipinski definition) is 7. The molecule has 4 rings (SSSR count). The van der Waals surface area contributed by atoms with E-state index in [1.807, 2.05) is 7.05 Å². The molecule has 0 aromatic heterocycles. The van der Waals surface area contributed by atoms with Gasteiger partial charge in [-0.15, -0.1) is 0 Å². The molecule has 9 heteroatoms. The number of primary amides is 1. The summed E-state index contributed by atoms with van der Waals surface area (Å²) < 4.78 is 3.10. The van der Waals surface area contributed by atoms with Crippen molar-refractivity contribution < 1.29 is 14.5 Å². The van der Waals surface area contributed by atoms with Crippen LogP contribution in [0.2, 0.25) is 0 Å². The van der Waals surface area contributed by atoms with Gasteiger partial charge in [-0.05, 0) is 81.3 Å². The highest BCUT2D eigenvalue weighted by molar-refractivity contribution is 7.97. The SMILES string of the molecule is CNC1C(C)CC2CC1CC(C)(C(N)=O)C2.O=CC1(NSc2ccccc2[N+](=O)[O-])CCCC1. The molecule has 1 aromatic carbocycles. The number of carbonyl (C=O) groups is 2. The van der Waals surface area contributed by atoms with Crippen molar-refractivity contribution in [1.29, 1.82) is 0 Å². The highest BCUT2D eigenvalue weighted by Gasteiger charge is 2.47. The van der Waals surface area contributed by atoms with Crippen LogP contribution in [-0.2, 0) is 9.59 Å². The summed E-state index contributed by atoms with van der Waals surface area (Å²) >= 11 is 1.17. The average molecular weight is 491 g/mol. The average Bonchev–Trinajstić information content (AvgIpc) is 3.27. The molecule has 188 valence electrons. The number of hydrogen-bond donors (Lipinski definition) is 3. The fourth-order valence-corrected chi connectivity index (χ4v) is 7.27. The summed E-state index contributed by atoms with van der Waals surface area (Å²) in [6.45, 7) is 4.38. The van der Waals surface area contributed by atoms with Crippen LogP contribution < -0.4 is 15.8 Å². The Kier molecular flexibility index (Phi) is 8.76. The zero-order valence-electron chi connectivity index (χ0n) is 20.4. The first-order chi connectivity index (χ1) is 16.1. The lowest BCUT2D eigenvalue weighted by atomic mass is 9.57. The predicted octanol–water partition coefficient (Wildman–Crippen LogP) is 4.23. The van der Waals surface area contributed by atoms with Crippen molar-refractivity contribution >= 4 is 29.8 Å². The van der Waals surface area contributed by atoms with E-state index in [1.54, 1.807) is 18.2 Å². The number of nitrogens with one attached hydrogen (secondary N) is 2. The summed E-state index contributed by atoms with van der Waals surface area (Å²) in [6, 6.07) is 7.09. The third kappa shape index (κ3) is 5.98. The van der Waals surface area contributed by atoms with Gasteiger partial charge in [-0.1, -0.05) is 38.8 Å². The monoisotopic (exact) mass is 490 g/mol. The van der Waals surface area contributed by atoms with Gasteiger partial charge in [0.2, 0.25) is 5.91 Å². The van der Waals surface area contributed by atoms with Crippen LogP contribution in [0.15, 0.2) is 29.2 Å². The lowest BCUT2D eigenvalue weighted by Gasteiger charge is -2.49. The smallest absolute Gasteiger partial charge is 0.284 e. The number of para-hydroxylation sites is 1. The molecule has 0 spiro atoms. The third-order valence-electron chi connectivity index (χ3n) is 7.99. The number of rotatable bonds is 7. The van der Waals surface area contributed by atoms with E-state index < -0.39 is 10.5 Å². The van der Waals surface area contributed by atoms with Crippen LogP contribution in [0, 0.1) is 33.3 Å². The van der Waals surface area contributed by atoms with Crippen LogP contribution in [0.5, 0.6) is 0 Å². The Balaban J connectivity index is 0.000000192. The van der Waals surface area contributed by atoms with E-state index >= 15 is 0 Å². The Labute approximate surface area is 206 Å². The van der Waals surface area contributed by atoms with Crippen LogP contribution in [-0.4, -0.2) is 35.7 Å². The van der Waals surface area contributed by atoms with Crippen LogP contribution in [0.1, 0.15) is 65.2 Å². The van der Waals surface area contributed by atoms with Crippen molar-refractivity contribution in [3.8, 4) is 0 Å². The largest absolute Gasteiger partial charge is 0.369 e. The number of nitro groups is 1. The number of aldehydes is 1. The molecule has 3 saturated carbocycles. The van der Waals surface area contributed by atoms with E-state index in [9.17, 15) is 19.7 Å². The van der Waals surface area contributed by atoms with Crippen molar-refractivity contribution in [2.45, 2.75) is 81.7 Å². The summed E-state index contributed by atoms with van der Waals surface area (Å²) in [5.74, 6) is 1.96. The number of benzene rings is 1. The molecule has 5 unspecified atom stereocenters. The maximum Gasteiger partial charge on any atom is 0.284 e. The Morgan fingerprint density at radius 2 is 1.91 bits per heavy atom. The highest BCUT2D eigenvalue weighted by Crippen LogP contribution is 2.50. The van der Waals surface area contributed by atoms with Crippen molar-refractivity contribution in [3.05, 3.63) is 34.4 Å². The predicted molar refractivity (Wildman–Crippen MR) is 134 cm³/mol. The molecule has 3 aliphatic rings. The first-order valence-corrected chi connectivity index (χ1v) is 13.1. The van der Waals surface area contributed by atoms with E-state index in [4.69, 9.17) is 5.73 Å². The second-order valence-electron chi connectivity index (χ2n) is 10.6. The number of nitro benzene ring substituents is 1. The molecular formula is C25H38N4O4S. The molecular weight excluding hydrogens is 452 g/mol. The number of carbonyl (C=O) groups excluding carboxylic acids is 2. The fourth-order valence-electron chi connectivity index (χ4n) is 6.31. The molecule has 2 bridgehead atoms. The first kappa shape index (κ1) is 26.6. The zero-order valence-corrected chi connectivity index (χ0v) is 21.2. The van der Waals surface area contributed by atoms with Gasteiger partial charge in [0.1, 0.15) is 11.2 Å². The Bertz CT molecular complexity index is 889. The standard InChI is InChI=1S/C13H24N2O.C12H14N2O3S/c1-8-4-9-5-10(11(8)15-3)7-13(2,6-9)12(14)16;15-9-12(7-3-4-8-12)13-18-11-6-2-1-5-10(11)14(16)17/h8-11,15H,4-7H2,1-3H3,(H2,14,16);1-2,5-6,9,13H,3-4,7-8H2. The van der Waals surface area contributed by atoms with Gasteiger partial charge in [0.15, 0.2) is 0 Å². The van der Waals surface area contributed by atoms with Gasteiger partial charge >= 0.3 is 0 Å². The number of amides is 1. The zero-order chi connectivity index (χ0) is 24.9. The molecule has 0 aliphatic heterocycles. The van der Waals surface area contributed by atoms with E-state index in [-0.39, 0.29) is 17.0 Å². The van der Waals surface area contributed by atoms with E-state index in [1.165, 1.54) is 30.9 Å². The number of fused-ring (bicyclic) bond motifs is 2. The van der Waals surface area contributed by atoms with Crippen molar-refractivity contribution in [1.82, 2.24) is 10.0 Å². The summed E-state index contributed by atoms with van der Waals surface area (Å²) in [7, 11) is 2.04.